The van der Waals surface area contributed by atoms with Gasteiger partial charge >= 0.3 is 0 Å². The molecule has 1 aromatic carbocycles. The number of aryl methyl sites for hydroxylation is 2. The van der Waals surface area contributed by atoms with Gasteiger partial charge in [-0.05, 0) is 43.7 Å². The predicted octanol–water partition coefficient (Wildman–Crippen LogP) is 2.54. The van der Waals surface area contributed by atoms with Crippen LogP contribution in [0.4, 0.5) is 0 Å². The SMILES string of the molecule is Cc1ncc2c(n1)C1(CCCN(C(=O)Cc3n[nH]c(Cc4ccccc4)n3)C1)CC2. The van der Waals surface area contributed by atoms with Crippen molar-refractivity contribution in [2.24, 2.45) is 0 Å². The average molecular weight is 403 g/mol. The number of aromatic amines is 1. The molecule has 7 nitrogen and oxygen atoms in total. The number of hydrogen-bond donors (Lipinski definition) is 1. The maximum Gasteiger partial charge on any atom is 0.230 e. The first-order chi connectivity index (χ1) is 14.6. The van der Waals surface area contributed by atoms with Crippen LogP contribution in [0.5, 0.6) is 0 Å². The molecule has 1 unspecified atom stereocenters. The molecule has 3 heterocycles. The highest BCUT2D eigenvalue weighted by Crippen LogP contribution is 2.43. The van der Waals surface area contributed by atoms with E-state index in [1.165, 1.54) is 11.1 Å². The van der Waals surface area contributed by atoms with E-state index in [1.807, 2.05) is 36.2 Å². The highest BCUT2D eigenvalue weighted by atomic mass is 16.2. The van der Waals surface area contributed by atoms with Gasteiger partial charge in [-0.25, -0.2) is 15.0 Å². The first-order valence-corrected chi connectivity index (χ1v) is 10.7. The fourth-order valence-electron chi connectivity index (χ4n) is 4.90. The minimum Gasteiger partial charge on any atom is -0.341 e. The third-order valence-electron chi connectivity index (χ3n) is 6.39. The molecular weight excluding hydrogens is 376 g/mol. The summed E-state index contributed by atoms with van der Waals surface area (Å²) in [6, 6.07) is 10.1. The maximum atomic E-state index is 13.1. The molecule has 1 spiro atoms. The molecule has 1 aliphatic heterocycles. The van der Waals surface area contributed by atoms with Crippen molar-refractivity contribution in [2.75, 3.05) is 13.1 Å². The summed E-state index contributed by atoms with van der Waals surface area (Å²) < 4.78 is 0. The van der Waals surface area contributed by atoms with E-state index in [4.69, 9.17) is 4.98 Å². The number of hydrogen-bond acceptors (Lipinski definition) is 5. The number of nitrogens with zero attached hydrogens (tertiary/aromatic N) is 5. The van der Waals surface area contributed by atoms with Crippen LogP contribution < -0.4 is 0 Å². The van der Waals surface area contributed by atoms with Gasteiger partial charge in [-0.1, -0.05) is 30.3 Å². The van der Waals surface area contributed by atoms with E-state index in [9.17, 15) is 4.79 Å². The van der Waals surface area contributed by atoms with Gasteiger partial charge in [0.05, 0.1) is 12.1 Å². The van der Waals surface area contributed by atoms with Crippen molar-refractivity contribution in [3.05, 3.63) is 70.8 Å². The van der Waals surface area contributed by atoms with E-state index < -0.39 is 0 Å². The minimum absolute atomic E-state index is 0.0194. The molecule has 1 aliphatic carbocycles. The van der Waals surface area contributed by atoms with Crippen LogP contribution in [0, 0.1) is 6.92 Å². The topological polar surface area (TPSA) is 87.7 Å². The third kappa shape index (κ3) is 3.60. The number of H-pyrrole nitrogens is 1. The Morgan fingerprint density at radius 3 is 2.93 bits per heavy atom. The molecule has 1 N–H and O–H groups in total. The van der Waals surface area contributed by atoms with Gasteiger partial charge in [0.15, 0.2) is 5.82 Å². The maximum absolute atomic E-state index is 13.1. The highest BCUT2D eigenvalue weighted by molar-refractivity contribution is 5.78. The van der Waals surface area contributed by atoms with Crippen molar-refractivity contribution >= 4 is 5.91 Å². The van der Waals surface area contributed by atoms with Crippen molar-refractivity contribution < 1.29 is 4.79 Å². The number of carbonyl (C=O) groups excluding carboxylic acids is 1. The zero-order chi connectivity index (χ0) is 20.6. The summed E-state index contributed by atoms with van der Waals surface area (Å²) >= 11 is 0. The highest BCUT2D eigenvalue weighted by Gasteiger charge is 2.44. The van der Waals surface area contributed by atoms with Crippen LogP contribution in [0.2, 0.25) is 0 Å². The van der Waals surface area contributed by atoms with E-state index in [2.05, 4.69) is 32.3 Å². The zero-order valence-corrected chi connectivity index (χ0v) is 17.3. The van der Waals surface area contributed by atoms with E-state index in [-0.39, 0.29) is 17.7 Å². The van der Waals surface area contributed by atoms with Crippen molar-refractivity contribution in [3.63, 3.8) is 0 Å². The number of amides is 1. The van der Waals surface area contributed by atoms with Gasteiger partial charge in [0.1, 0.15) is 11.6 Å². The fraction of sp³-hybridized carbons (Fsp3) is 0.435. The molecule has 1 atom stereocenters. The van der Waals surface area contributed by atoms with Crippen molar-refractivity contribution in [1.29, 1.82) is 0 Å². The number of carbonyl (C=O) groups is 1. The van der Waals surface area contributed by atoms with Gasteiger partial charge in [0, 0.05) is 31.1 Å². The number of piperidine rings is 1. The number of fused-ring (bicyclic) bond motifs is 2. The summed E-state index contributed by atoms with van der Waals surface area (Å²) in [6.45, 7) is 3.46. The molecule has 0 radical (unpaired) electrons. The Labute approximate surface area is 176 Å². The third-order valence-corrected chi connectivity index (χ3v) is 6.39. The van der Waals surface area contributed by atoms with Crippen molar-refractivity contribution in [3.8, 4) is 0 Å². The normalized spacial score (nSPS) is 20.5. The van der Waals surface area contributed by atoms with Gasteiger partial charge < -0.3 is 4.90 Å². The Hall–Kier alpha value is -3.09. The Kier molecular flexibility index (Phi) is 4.81. The molecule has 3 aromatic rings. The second-order valence-corrected chi connectivity index (χ2v) is 8.53. The van der Waals surface area contributed by atoms with E-state index >= 15 is 0 Å². The lowest BCUT2D eigenvalue weighted by molar-refractivity contribution is -0.132. The number of nitrogens with one attached hydrogen (secondary N) is 1. The van der Waals surface area contributed by atoms with Crippen LogP contribution in [-0.4, -0.2) is 49.0 Å². The van der Waals surface area contributed by atoms with Crippen LogP contribution in [0.15, 0.2) is 36.5 Å². The molecule has 2 aliphatic rings. The van der Waals surface area contributed by atoms with Crippen LogP contribution >= 0.6 is 0 Å². The summed E-state index contributed by atoms with van der Waals surface area (Å²) in [7, 11) is 0. The summed E-state index contributed by atoms with van der Waals surface area (Å²) in [4.78, 5) is 28.7. The number of likely N-dealkylation sites (tertiary alicyclic amines) is 1. The molecule has 30 heavy (non-hydrogen) atoms. The van der Waals surface area contributed by atoms with Crippen LogP contribution in [0.1, 0.15) is 53.6 Å². The zero-order valence-electron chi connectivity index (χ0n) is 17.3. The van der Waals surface area contributed by atoms with E-state index in [1.54, 1.807) is 0 Å². The molecule has 1 amide bonds. The largest absolute Gasteiger partial charge is 0.341 e. The lowest BCUT2D eigenvalue weighted by atomic mass is 9.77. The van der Waals surface area contributed by atoms with E-state index in [0.717, 1.165) is 56.1 Å². The number of benzene rings is 1. The Balaban J connectivity index is 1.27. The van der Waals surface area contributed by atoms with Gasteiger partial charge in [0.2, 0.25) is 5.91 Å². The summed E-state index contributed by atoms with van der Waals surface area (Å²) in [5.74, 6) is 2.26. The average Bonchev–Trinajstić information content (AvgIpc) is 3.33. The van der Waals surface area contributed by atoms with Crippen LogP contribution in [-0.2, 0) is 29.5 Å². The molecular formula is C23H26N6O. The van der Waals surface area contributed by atoms with E-state index in [0.29, 0.717) is 12.2 Å². The summed E-state index contributed by atoms with van der Waals surface area (Å²) in [5.41, 5.74) is 3.56. The molecule has 1 fully saturated rings. The van der Waals surface area contributed by atoms with Crippen LogP contribution in [0.25, 0.3) is 0 Å². The Bertz CT molecular complexity index is 1060. The van der Waals surface area contributed by atoms with Gasteiger partial charge in [0.25, 0.3) is 0 Å². The lowest BCUT2D eigenvalue weighted by Crippen LogP contribution is -2.48. The van der Waals surface area contributed by atoms with Gasteiger partial charge in [-0.15, -0.1) is 0 Å². The molecule has 7 heteroatoms. The first-order valence-electron chi connectivity index (χ1n) is 10.7. The Morgan fingerprint density at radius 2 is 2.07 bits per heavy atom. The molecule has 154 valence electrons. The predicted molar refractivity (Wildman–Crippen MR) is 112 cm³/mol. The number of aromatic nitrogens is 5. The molecule has 0 bridgehead atoms. The van der Waals surface area contributed by atoms with Crippen molar-refractivity contribution in [2.45, 2.75) is 50.9 Å². The minimum atomic E-state index is -0.0194. The summed E-state index contributed by atoms with van der Waals surface area (Å²) in [5, 5.41) is 7.26. The fourth-order valence-corrected chi connectivity index (χ4v) is 4.90. The molecule has 1 saturated heterocycles. The smallest absolute Gasteiger partial charge is 0.230 e. The quantitative estimate of drug-likeness (QED) is 0.725. The Morgan fingerprint density at radius 1 is 1.20 bits per heavy atom. The molecule has 5 rings (SSSR count). The monoisotopic (exact) mass is 402 g/mol. The molecule has 2 aromatic heterocycles. The van der Waals surface area contributed by atoms with Gasteiger partial charge in [-0.2, -0.15) is 5.10 Å². The van der Waals surface area contributed by atoms with Crippen LogP contribution in [0.3, 0.4) is 0 Å². The summed E-state index contributed by atoms with van der Waals surface area (Å²) in [6.07, 6.45) is 7.02. The first kappa shape index (κ1) is 18.9. The second kappa shape index (κ2) is 7.63. The second-order valence-electron chi connectivity index (χ2n) is 8.53. The number of rotatable bonds is 4. The van der Waals surface area contributed by atoms with Gasteiger partial charge in [-0.3, -0.25) is 9.89 Å². The lowest BCUT2D eigenvalue weighted by Gasteiger charge is -2.40. The van der Waals surface area contributed by atoms with Crippen molar-refractivity contribution in [1.82, 2.24) is 30.0 Å². The molecule has 0 saturated carbocycles. The standard InChI is InChI=1S/C23H26N6O/c1-16-24-14-18-8-10-23(22(18)25-16)9-5-11-29(15-23)21(30)13-20-26-19(27-28-20)12-17-6-3-2-4-7-17/h2-4,6-7,14H,5,8-13,15H2,1H3,(H,26,27,28).